The summed E-state index contributed by atoms with van der Waals surface area (Å²) in [6.45, 7) is 3.89. The summed E-state index contributed by atoms with van der Waals surface area (Å²) in [6.07, 6.45) is 0.866. The Hall–Kier alpha value is -1.95. The van der Waals surface area contributed by atoms with E-state index in [2.05, 4.69) is 24.1 Å². The molecule has 17 heavy (non-hydrogen) atoms. The fraction of sp³-hybridized carbons (Fsp3) is 0.357. The molecule has 1 aromatic carbocycles. The van der Waals surface area contributed by atoms with E-state index in [1.807, 2.05) is 31.2 Å². The Kier molecular flexibility index (Phi) is 5.09. The van der Waals surface area contributed by atoms with Gasteiger partial charge in [0.2, 0.25) is 0 Å². The number of benzene rings is 1. The maximum Gasteiger partial charge on any atom is 0.307 e. The Labute approximate surface area is 102 Å². The third-order valence-corrected chi connectivity index (χ3v) is 2.31. The van der Waals surface area contributed by atoms with Crippen LogP contribution in [0, 0.1) is 11.8 Å². The number of carboxylic acids is 1. The second-order valence-corrected chi connectivity index (χ2v) is 3.94. The number of rotatable bonds is 5. The molecule has 0 aliphatic heterocycles. The van der Waals surface area contributed by atoms with Crippen LogP contribution >= 0.6 is 0 Å². The van der Waals surface area contributed by atoms with Gasteiger partial charge in [-0.1, -0.05) is 12.1 Å². The molecule has 0 heterocycles. The third kappa shape index (κ3) is 5.07. The predicted octanol–water partition coefficient (Wildman–Crippen LogP) is 2.53. The minimum absolute atomic E-state index is 0.0666. The number of aliphatic carboxylic acids is 1. The lowest BCUT2D eigenvalue weighted by molar-refractivity contribution is -0.136. The van der Waals surface area contributed by atoms with Gasteiger partial charge in [0, 0.05) is 18.2 Å². The van der Waals surface area contributed by atoms with Gasteiger partial charge in [-0.2, -0.15) is 0 Å². The van der Waals surface area contributed by atoms with Crippen molar-refractivity contribution in [1.82, 2.24) is 0 Å². The zero-order valence-corrected chi connectivity index (χ0v) is 10.2. The van der Waals surface area contributed by atoms with E-state index < -0.39 is 5.97 Å². The van der Waals surface area contributed by atoms with Crippen LogP contribution in [0.2, 0.25) is 0 Å². The molecule has 0 fully saturated rings. The number of nitrogens with one attached hydrogen (secondary N) is 1. The van der Waals surface area contributed by atoms with E-state index in [0.29, 0.717) is 0 Å². The number of carbonyl (C=O) groups is 1. The van der Waals surface area contributed by atoms with Gasteiger partial charge in [-0.15, -0.1) is 11.8 Å². The van der Waals surface area contributed by atoms with Gasteiger partial charge in [-0.25, -0.2) is 0 Å². The van der Waals surface area contributed by atoms with Crippen LogP contribution in [0.5, 0.6) is 0 Å². The molecule has 0 saturated carbocycles. The minimum atomic E-state index is -0.808. The van der Waals surface area contributed by atoms with Crippen molar-refractivity contribution in [3.8, 4) is 11.8 Å². The first-order valence-electron chi connectivity index (χ1n) is 5.58. The second kappa shape index (κ2) is 6.59. The standard InChI is InChI=1S/C14H17NO2/c1-3-4-5-11(2)15-13-8-6-12(7-9-13)10-14(16)17/h6-9,11,15H,5,10H2,1-2H3,(H,16,17). The van der Waals surface area contributed by atoms with Crippen molar-refractivity contribution in [2.75, 3.05) is 5.32 Å². The van der Waals surface area contributed by atoms with Gasteiger partial charge in [0.15, 0.2) is 0 Å². The van der Waals surface area contributed by atoms with Crippen LogP contribution in [0.4, 0.5) is 5.69 Å². The molecular weight excluding hydrogens is 214 g/mol. The van der Waals surface area contributed by atoms with E-state index in [4.69, 9.17) is 5.11 Å². The van der Waals surface area contributed by atoms with Crippen molar-refractivity contribution in [3.05, 3.63) is 29.8 Å². The van der Waals surface area contributed by atoms with Crippen molar-refractivity contribution < 1.29 is 9.90 Å². The summed E-state index contributed by atoms with van der Waals surface area (Å²) in [5.41, 5.74) is 1.80. The molecule has 3 nitrogen and oxygen atoms in total. The molecule has 0 bridgehead atoms. The van der Waals surface area contributed by atoms with E-state index in [9.17, 15) is 4.79 Å². The molecule has 0 amide bonds. The van der Waals surface area contributed by atoms with Crippen molar-refractivity contribution >= 4 is 11.7 Å². The molecule has 90 valence electrons. The van der Waals surface area contributed by atoms with Gasteiger partial charge in [-0.05, 0) is 31.5 Å². The second-order valence-electron chi connectivity index (χ2n) is 3.94. The van der Waals surface area contributed by atoms with Gasteiger partial charge in [0.25, 0.3) is 0 Å². The van der Waals surface area contributed by atoms with E-state index in [-0.39, 0.29) is 12.5 Å². The van der Waals surface area contributed by atoms with E-state index in [1.165, 1.54) is 0 Å². The lowest BCUT2D eigenvalue weighted by Gasteiger charge is -2.12. The third-order valence-electron chi connectivity index (χ3n) is 2.31. The first-order chi connectivity index (χ1) is 8.11. The van der Waals surface area contributed by atoms with Gasteiger partial charge in [-0.3, -0.25) is 4.79 Å². The Balaban J connectivity index is 2.54. The summed E-state index contributed by atoms with van der Waals surface area (Å²) in [6, 6.07) is 7.74. The molecule has 0 aromatic heterocycles. The fourth-order valence-electron chi connectivity index (χ4n) is 1.48. The largest absolute Gasteiger partial charge is 0.481 e. The molecule has 1 atom stereocenters. The number of carboxylic acid groups (broad SMARTS) is 1. The highest BCUT2D eigenvalue weighted by atomic mass is 16.4. The molecular formula is C14H17NO2. The molecule has 1 aromatic rings. The average Bonchev–Trinajstić information content (AvgIpc) is 2.28. The van der Waals surface area contributed by atoms with Crippen LogP contribution < -0.4 is 5.32 Å². The maximum absolute atomic E-state index is 10.5. The monoisotopic (exact) mass is 231 g/mol. The van der Waals surface area contributed by atoms with Crippen LogP contribution in [0.1, 0.15) is 25.8 Å². The summed E-state index contributed by atoms with van der Waals surface area (Å²) >= 11 is 0. The Morgan fingerprint density at radius 3 is 2.59 bits per heavy atom. The molecule has 2 N–H and O–H groups in total. The van der Waals surface area contributed by atoms with E-state index in [1.54, 1.807) is 0 Å². The topological polar surface area (TPSA) is 49.3 Å². The average molecular weight is 231 g/mol. The predicted molar refractivity (Wildman–Crippen MR) is 68.9 cm³/mol. The van der Waals surface area contributed by atoms with Crippen LogP contribution in [0.15, 0.2) is 24.3 Å². The van der Waals surface area contributed by atoms with Crippen LogP contribution in [-0.2, 0) is 11.2 Å². The molecule has 3 heteroatoms. The van der Waals surface area contributed by atoms with Crippen molar-refractivity contribution in [2.24, 2.45) is 0 Å². The SMILES string of the molecule is CC#CCC(C)Nc1ccc(CC(=O)O)cc1. The summed E-state index contributed by atoms with van der Waals surface area (Å²) in [5, 5.41) is 12.0. The minimum Gasteiger partial charge on any atom is -0.481 e. The molecule has 0 saturated heterocycles. The molecule has 0 aliphatic rings. The number of hydrogen-bond acceptors (Lipinski definition) is 2. The highest BCUT2D eigenvalue weighted by Gasteiger charge is 2.02. The molecule has 0 radical (unpaired) electrons. The highest BCUT2D eigenvalue weighted by molar-refractivity contribution is 5.70. The number of anilines is 1. The first-order valence-corrected chi connectivity index (χ1v) is 5.58. The lowest BCUT2D eigenvalue weighted by Crippen LogP contribution is -2.14. The fourth-order valence-corrected chi connectivity index (χ4v) is 1.48. The number of hydrogen-bond donors (Lipinski definition) is 2. The van der Waals surface area contributed by atoms with Crippen molar-refractivity contribution in [2.45, 2.75) is 32.7 Å². The van der Waals surface area contributed by atoms with Crippen LogP contribution in [0.25, 0.3) is 0 Å². The summed E-state index contributed by atoms with van der Waals surface area (Å²) in [7, 11) is 0. The van der Waals surface area contributed by atoms with Crippen molar-refractivity contribution in [3.63, 3.8) is 0 Å². The maximum atomic E-state index is 10.5. The van der Waals surface area contributed by atoms with Gasteiger partial charge >= 0.3 is 5.97 Å². The van der Waals surface area contributed by atoms with E-state index in [0.717, 1.165) is 17.7 Å². The Morgan fingerprint density at radius 1 is 1.41 bits per heavy atom. The smallest absolute Gasteiger partial charge is 0.307 e. The molecule has 0 aliphatic carbocycles. The van der Waals surface area contributed by atoms with Crippen LogP contribution in [0.3, 0.4) is 0 Å². The summed E-state index contributed by atoms with van der Waals surface area (Å²) < 4.78 is 0. The molecule has 1 unspecified atom stereocenters. The summed E-state index contributed by atoms with van der Waals surface area (Å²) in [4.78, 5) is 10.5. The Bertz CT molecular complexity index is 426. The zero-order valence-electron chi connectivity index (χ0n) is 10.2. The van der Waals surface area contributed by atoms with Crippen LogP contribution in [-0.4, -0.2) is 17.1 Å². The lowest BCUT2D eigenvalue weighted by atomic mass is 10.1. The van der Waals surface area contributed by atoms with Gasteiger partial charge < -0.3 is 10.4 Å². The van der Waals surface area contributed by atoms with Gasteiger partial charge in [0.1, 0.15) is 0 Å². The summed E-state index contributed by atoms with van der Waals surface area (Å²) in [5.74, 6) is 5.07. The Morgan fingerprint density at radius 2 is 2.06 bits per heavy atom. The normalized spacial score (nSPS) is 11.2. The highest BCUT2D eigenvalue weighted by Crippen LogP contribution is 2.12. The van der Waals surface area contributed by atoms with E-state index >= 15 is 0 Å². The zero-order chi connectivity index (χ0) is 12.7. The molecule has 0 spiro atoms. The first kappa shape index (κ1) is 13.1. The molecule has 1 rings (SSSR count). The van der Waals surface area contributed by atoms with Gasteiger partial charge in [0.05, 0.1) is 6.42 Å². The van der Waals surface area contributed by atoms with Crippen molar-refractivity contribution in [1.29, 1.82) is 0 Å². The quantitative estimate of drug-likeness (QED) is 0.765.